The highest BCUT2D eigenvalue weighted by Crippen LogP contribution is 2.15. The smallest absolute Gasteiger partial charge is 0.239 e. The molecule has 5 nitrogen and oxygen atoms in total. The minimum absolute atomic E-state index is 0.401. The van der Waals surface area contributed by atoms with Crippen LogP contribution in [-0.2, 0) is 4.79 Å². The van der Waals surface area contributed by atoms with E-state index < -0.39 is 11.9 Å². The number of hydrogen-bond acceptors (Lipinski definition) is 4. The summed E-state index contributed by atoms with van der Waals surface area (Å²) in [5.41, 5.74) is 5.99. The van der Waals surface area contributed by atoms with E-state index in [0.717, 1.165) is 0 Å². The van der Waals surface area contributed by atoms with Crippen molar-refractivity contribution >= 4 is 5.91 Å². The maximum atomic E-state index is 11.2. The summed E-state index contributed by atoms with van der Waals surface area (Å²) in [6.45, 7) is 1.79. The average Bonchev–Trinajstić information content (AvgIpc) is 2.07. The van der Waals surface area contributed by atoms with Gasteiger partial charge in [-0.15, -0.1) is 0 Å². The van der Waals surface area contributed by atoms with Crippen LogP contribution in [0, 0.1) is 6.92 Å². The van der Waals surface area contributed by atoms with E-state index in [9.17, 15) is 4.79 Å². The van der Waals surface area contributed by atoms with Gasteiger partial charge in [0.15, 0.2) is 0 Å². The number of hydrogen-bond donors (Lipinski definition) is 1. The van der Waals surface area contributed by atoms with E-state index in [4.69, 9.17) is 5.73 Å². The lowest BCUT2D eigenvalue weighted by Crippen LogP contribution is -2.33. The highest BCUT2D eigenvalue weighted by atomic mass is 16.1. The largest absolute Gasteiger partial charge is 0.368 e. The second-order valence-electron chi connectivity index (χ2n) is 3.33. The Kier molecular flexibility index (Phi) is 3.14. The fourth-order valence-electron chi connectivity index (χ4n) is 1.26. The zero-order valence-electron chi connectivity index (χ0n) is 8.56. The Labute approximate surface area is 83.0 Å². The monoisotopic (exact) mass is 194 g/mol. The van der Waals surface area contributed by atoms with Crippen molar-refractivity contribution in [1.82, 2.24) is 14.9 Å². The Morgan fingerprint density at radius 3 is 2.29 bits per heavy atom. The predicted molar refractivity (Wildman–Crippen MR) is 52.4 cm³/mol. The molecule has 0 aromatic carbocycles. The van der Waals surface area contributed by atoms with Gasteiger partial charge in [-0.25, -0.2) is 9.97 Å². The van der Waals surface area contributed by atoms with Gasteiger partial charge in [0.1, 0.15) is 11.9 Å². The normalized spacial score (nSPS) is 12.9. The molecule has 0 aliphatic heterocycles. The third-order valence-electron chi connectivity index (χ3n) is 1.90. The van der Waals surface area contributed by atoms with Crippen molar-refractivity contribution in [3.8, 4) is 0 Å². The molecule has 14 heavy (non-hydrogen) atoms. The van der Waals surface area contributed by atoms with Crippen LogP contribution in [0.5, 0.6) is 0 Å². The summed E-state index contributed by atoms with van der Waals surface area (Å²) in [6, 6.07) is -0.462. The molecule has 1 atom stereocenters. The molecule has 0 radical (unpaired) electrons. The molecule has 0 aliphatic rings. The first-order chi connectivity index (χ1) is 6.52. The minimum atomic E-state index is -0.462. The fourth-order valence-corrected chi connectivity index (χ4v) is 1.26. The molecule has 1 aromatic heterocycles. The SMILES string of the molecule is Cc1ncc(C(C(N)=O)N(C)C)cn1. The second kappa shape index (κ2) is 4.15. The highest BCUT2D eigenvalue weighted by Gasteiger charge is 2.20. The van der Waals surface area contributed by atoms with Gasteiger partial charge in [-0.1, -0.05) is 0 Å². The van der Waals surface area contributed by atoms with E-state index in [1.165, 1.54) is 0 Å². The summed E-state index contributed by atoms with van der Waals surface area (Å²) in [5.74, 6) is 0.276. The number of amides is 1. The van der Waals surface area contributed by atoms with E-state index >= 15 is 0 Å². The summed E-state index contributed by atoms with van der Waals surface area (Å²) in [5, 5.41) is 0. The standard InChI is InChI=1S/C9H14N4O/c1-6-11-4-7(5-12-6)8(9(10)14)13(2)3/h4-5,8H,1-3H3,(H2,10,14). The molecule has 1 amide bonds. The Morgan fingerprint density at radius 2 is 1.93 bits per heavy atom. The Morgan fingerprint density at radius 1 is 1.43 bits per heavy atom. The van der Waals surface area contributed by atoms with Crippen molar-refractivity contribution < 1.29 is 4.79 Å². The number of carbonyl (C=O) groups is 1. The first kappa shape index (κ1) is 10.6. The van der Waals surface area contributed by atoms with Gasteiger partial charge in [-0.2, -0.15) is 0 Å². The number of likely N-dealkylation sites (N-methyl/N-ethyl adjacent to an activating group) is 1. The van der Waals surface area contributed by atoms with E-state index in [1.807, 2.05) is 0 Å². The number of nitrogens with zero attached hydrogens (tertiary/aromatic N) is 3. The van der Waals surface area contributed by atoms with Crippen LogP contribution in [0.2, 0.25) is 0 Å². The lowest BCUT2D eigenvalue weighted by atomic mass is 10.1. The molecule has 0 saturated carbocycles. The Hall–Kier alpha value is -1.49. The molecular weight excluding hydrogens is 180 g/mol. The van der Waals surface area contributed by atoms with Gasteiger partial charge >= 0.3 is 0 Å². The molecule has 0 spiro atoms. The maximum Gasteiger partial charge on any atom is 0.239 e. The summed E-state index contributed by atoms with van der Waals surface area (Å²) in [4.78, 5) is 20.9. The predicted octanol–water partition coefficient (Wildman–Crippen LogP) is -0.127. The van der Waals surface area contributed by atoms with E-state index in [2.05, 4.69) is 9.97 Å². The molecule has 0 saturated heterocycles. The third kappa shape index (κ3) is 2.26. The first-order valence-electron chi connectivity index (χ1n) is 4.26. The van der Waals surface area contributed by atoms with Crippen molar-refractivity contribution in [2.24, 2.45) is 5.73 Å². The van der Waals surface area contributed by atoms with Crippen molar-refractivity contribution in [3.63, 3.8) is 0 Å². The van der Waals surface area contributed by atoms with E-state index in [-0.39, 0.29) is 0 Å². The molecule has 1 heterocycles. The van der Waals surface area contributed by atoms with Gasteiger partial charge < -0.3 is 5.73 Å². The fraction of sp³-hybridized carbons (Fsp3) is 0.444. The minimum Gasteiger partial charge on any atom is -0.368 e. The van der Waals surface area contributed by atoms with Gasteiger partial charge in [0.05, 0.1) is 0 Å². The van der Waals surface area contributed by atoms with Crippen molar-refractivity contribution in [2.45, 2.75) is 13.0 Å². The van der Waals surface area contributed by atoms with Crippen LogP contribution in [0.4, 0.5) is 0 Å². The molecule has 0 fully saturated rings. The Balaban J connectivity index is 3.00. The highest BCUT2D eigenvalue weighted by molar-refractivity contribution is 5.81. The summed E-state index contributed by atoms with van der Waals surface area (Å²) in [6.07, 6.45) is 3.25. The number of carbonyl (C=O) groups excluding carboxylic acids is 1. The van der Waals surface area contributed by atoms with E-state index in [1.54, 1.807) is 38.3 Å². The molecule has 5 heteroatoms. The molecule has 0 aliphatic carbocycles. The van der Waals surface area contributed by atoms with Crippen LogP contribution >= 0.6 is 0 Å². The number of primary amides is 1. The zero-order chi connectivity index (χ0) is 10.7. The van der Waals surface area contributed by atoms with Crippen LogP contribution in [0.3, 0.4) is 0 Å². The molecule has 76 valence electrons. The van der Waals surface area contributed by atoms with Crippen LogP contribution in [-0.4, -0.2) is 34.9 Å². The van der Waals surface area contributed by atoms with E-state index in [0.29, 0.717) is 11.4 Å². The first-order valence-corrected chi connectivity index (χ1v) is 4.26. The average molecular weight is 194 g/mol. The maximum absolute atomic E-state index is 11.2. The molecule has 1 aromatic rings. The summed E-state index contributed by atoms with van der Waals surface area (Å²) < 4.78 is 0. The van der Waals surface area contributed by atoms with Gasteiger partial charge in [-0.05, 0) is 21.0 Å². The van der Waals surface area contributed by atoms with Gasteiger partial charge in [0, 0.05) is 18.0 Å². The summed E-state index contributed by atoms with van der Waals surface area (Å²) in [7, 11) is 3.57. The summed E-state index contributed by atoms with van der Waals surface area (Å²) >= 11 is 0. The van der Waals surface area contributed by atoms with Crippen LogP contribution in [0.1, 0.15) is 17.4 Å². The molecule has 2 N–H and O–H groups in total. The van der Waals surface area contributed by atoms with Crippen LogP contribution in [0.15, 0.2) is 12.4 Å². The second-order valence-corrected chi connectivity index (χ2v) is 3.33. The van der Waals surface area contributed by atoms with Crippen molar-refractivity contribution in [1.29, 1.82) is 0 Å². The number of aromatic nitrogens is 2. The van der Waals surface area contributed by atoms with Crippen molar-refractivity contribution in [2.75, 3.05) is 14.1 Å². The molecule has 1 unspecified atom stereocenters. The third-order valence-corrected chi connectivity index (χ3v) is 1.90. The molecule has 0 bridgehead atoms. The lowest BCUT2D eigenvalue weighted by molar-refractivity contribution is -0.122. The zero-order valence-corrected chi connectivity index (χ0v) is 8.56. The number of rotatable bonds is 3. The quantitative estimate of drug-likeness (QED) is 0.727. The number of nitrogens with two attached hydrogens (primary N) is 1. The van der Waals surface area contributed by atoms with Crippen LogP contribution < -0.4 is 5.73 Å². The Bertz CT molecular complexity index is 320. The van der Waals surface area contributed by atoms with Crippen molar-refractivity contribution in [3.05, 3.63) is 23.8 Å². The topological polar surface area (TPSA) is 72.1 Å². The number of aryl methyl sites for hydroxylation is 1. The van der Waals surface area contributed by atoms with Gasteiger partial charge in [0.25, 0.3) is 0 Å². The van der Waals surface area contributed by atoms with Gasteiger partial charge in [-0.3, -0.25) is 9.69 Å². The molecular formula is C9H14N4O. The van der Waals surface area contributed by atoms with Gasteiger partial charge in [0.2, 0.25) is 5.91 Å². The molecule has 1 rings (SSSR count). The van der Waals surface area contributed by atoms with Crippen LogP contribution in [0.25, 0.3) is 0 Å². The lowest BCUT2D eigenvalue weighted by Gasteiger charge is -2.20.